The molecule has 0 unspecified atom stereocenters. The predicted octanol–water partition coefficient (Wildman–Crippen LogP) is 1.12. The summed E-state index contributed by atoms with van der Waals surface area (Å²) in [5.41, 5.74) is 1.03. The molecule has 0 spiro atoms. The summed E-state index contributed by atoms with van der Waals surface area (Å²) in [6.07, 6.45) is 0. The van der Waals surface area contributed by atoms with Crippen LogP contribution in [0.2, 0.25) is 0 Å². The van der Waals surface area contributed by atoms with E-state index in [-0.39, 0.29) is 30.0 Å². The van der Waals surface area contributed by atoms with Crippen molar-refractivity contribution in [2.24, 2.45) is 5.92 Å². The molecule has 1 aromatic rings. The second-order valence-corrected chi connectivity index (χ2v) is 5.14. The van der Waals surface area contributed by atoms with Crippen LogP contribution in [0.15, 0.2) is 24.3 Å². The number of hydrogen-bond acceptors (Lipinski definition) is 3. The second kappa shape index (κ2) is 6.41. The molecule has 2 heterocycles. The molecule has 2 saturated heterocycles. The van der Waals surface area contributed by atoms with Gasteiger partial charge in [-0.2, -0.15) is 0 Å². The van der Waals surface area contributed by atoms with Crippen LogP contribution >= 0.6 is 12.4 Å². The van der Waals surface area contributed by atoms with Crippen LogP contribution < -0.4 is 10.2 Å². The summed E-state index contributed by atoms with van der Waals surface area (Å²) in [4.78, 5) is 16.2. The van der Waals surface area contributed by atoms with Gasteiger partial charge >= 0.3 is 0 Å². The fourth-order valence-electron chi connectivity index (χ4n) is 2.56. The highest BCUT2D eigenvalue weighted by atomic mass is 35.5. The highest BCUT2D eigenvalue weighted by Gasteiger charge is 2.30. The molecule has 6 heteroatoms. The van der Waals surface area contributed by atoms with E-state index in [4.69, 9.17) is 0 Å². The number of carbonyl (C=O) groups is 1. The Labute approximate surface area is 124 Å². The molecule has 0 aromatic heterocycles. The van der Waals surface area contributed by atoms with Crippen LogP contribution in [0.25, 0.3) is 0 Å². The predicted molar refractivity (Wildman–Crippen MR) is 78.8 cm³/mol. The lowest BCUT2D eigenvalue weighted by Crippen LogP contribution is -2.56. The van der Waals surface area contributed by atoms with E-state index in [1.165, 1.54) is 12.1 Å². The van der Waals surface area contributed by atoms with Gasteiger partial charge in [0, 0.05) is 45.0 Å². The van der Waals surface area contributed by atoms with Crippen molar-refractivity contribution in [3.63, 3.8) is 0 Å². The summed E-state index contributed by atoms with van der Waals surface area (Å²) in [5, 5.41) is 3.13. The maximum Gasteiger partial charge on any atom is 0.228 e. The van der Waals surface area contributed by atoms with Crippen LogP contribution in [0.3, 0.4) is 0 Å². The molecule has 3 rings (SSSR count). The van der Waals surface area contributed by atoms with E-state index in [0.29, 0.717) is 0 Å². The van der Waals surface area contributed by atoms with Gasteiger partial charge < -0.3 is 15.1 Å². The van der Waals surface area contributed by atoms with Gasteiger partial charge in [0.05, 0.1) is 5.92 Å². The summed E-state index contributed by atoms with van der Waals surface area (Å²) in [7, 11) is 0. The number of halogens is 2. The Morgan fingerprint density at radius 3 is 2.20 bits per heavy atom. The largest absolute Gasteiger partial charge is 0.368 e. The van der Waals surface area contributed by atoms with Gasteiger partial charge in [-0.3, -0.25) is 4.79 Å². The zero-order valence-corrected chi connectivity index (χ0v) is 12.0. The fourth-order valence-corrected chi connectivity index (χ4v) is 2.56. The maximum absolute atomic E-state index is 12.9. The van der Waals surface area contributed by atoms with Gasteiger partial charge in [-0.15, -0.1) is 12.4 Å². The van der Waals surface area contributed by atoms with Gasteiger partial charge in [-0.05, 0) is 24.3 Å². The van der Waals surface area contributed by atoms with Crippen molar-refractivity contribution in [3.8, 4) is 0 Å². The molecule has 0 bridgehead atoms. The molecule has 2 aliphatic heterocycles. The molecule has 1 aromatic carbocycles. The van der Waals surface area contributed by atoms with E-state index in [2.05, 4.69) is 10.2 Å². The van der Waals surface area contributed by atoms with E-state index in [0.717, 1.165) is 45.0 Å². The first-order valence-electron chi connectivity index (χ1n) is 6.74. The number of nitrogens with one attached hydrogen (secondary N) is 1. The quantitative estimate of drug-likeness (QED) is 0.889. The molecule has 0 aliphatic carbocycles. The lowest BCUT2D eigenvalue weighted by molar-refractivity contribution is -0.137. The molecule has 110 valence electrons. The molecule has 0 saturated carbocycles. The van der Waals surface area contributed by atoms with Crippen LogP contribution in [-0.4, -0.2) is 50.1 Å². The number of amides is 1. The maximum atomic E-state index is 12.9. The number of piperazine rings is 1. The second-order valence-electron chi connectivity index (χ2n) is 5.14. The molecule has 2 aliphatic rings. The minimum absolute atomic E-state index is 0. The third kappa shape index (κ3) is 3.04. The van der Waals surface area contributed by atoms with Crippen LogP contribution in [0.5, 0.6) is 0 Å². The van der Waals surface area contributed by atoms with E-state index >= 15 is 0 Å². The van der Waals surface area contributed by atoms with Gasteiger partial charge in [0.15, 0.2) is 0 Å². The van der Waals surface area contributed by atoms with Crippen LogP contribution in [-0.2, 0) is 4.79 Å². The van der Waals surface area contributed by atoms with Crippen molar-refractivity contribution in [3.05, 3.63) is 30.1 Å². The molecule has 1 amide bonds. The highest BCUT2D eigenvalue weighted by molar-refractivity contribution is 5.85. The SMILES string of the molecule is Cl.O=C(C1CNC1)N1CCN(c2ccc(F)cc2)CC1. The van der Waals surface area contributed by atoms with E-state index in [1.54, 1.807) is 12.1 Å². The molecular formula is C14H19ClFN3O. The highest BCUT2D eigenvalue weighted by Crippen LogP contribution is 2.18. The monoisotopic (exact) mass is 299 g/mol. The Bertz CT molecular complexity index is 456. The van der Waals surface area contributed by atoms with Crippen LogP contribution in [0.4, 0.5) is 10.1 Å². The molecule has 20 heavy (non-hydrogen) atoms. The first-order valence-corrected chi connectivity index (χ1v) is 6.74. The summed E-state index contributed by atoms with van der Waals surface area (Å²) >= 11 is 0. The molecule has 1 N–H and O–H groups in total. The van der Waals surface area contributed by atoms with Crippen molar-refractivity contribution in [1.29, 1.82) is 0 Å². The van der Waals surface area contributed by atoms with Crippen molar-refractivity contribution < 1.29 is 9.18 Å². The fraction of sp³-hybridized carbons (Fsp3) is 0.500. The molecule has 4 nitrogen and oxygen atoms in total. The standard InChI is InChI=1S/C14H18FN3O.ClH/c15-12-1-3-13(4-2-12)17-5-7-18(8-6-17)14(19)11-9-16-10-11;/h1-4,11,16H,5-10H2;1H. The first kappa shape index (κ1) is 15.1. The van der Waals surface area contributed by atoms with Crippen molar-refractivity contribution >= 4 is 24.0 Å². The number of anilines is 1. The molecule has 0 atom stereocenters. The van der Waals surface area contributed by atoms with Crippen molar-refractivity contribution in [1.82, 2.24) is 10.2 Å². The normalized spacial score (nSPS) is 19.2. The number of hydrogen-bond donors (Lipinski definition) is 1. The van der Waals surface area contributed by atoms with Crippen LogP contribution in [0.1, 0.15) is 0 Å². The van der Waals surface area contributed by atoms with Crippen LogP contribution in [0, 0.1) is 11.7 Å². The molecular weight excluding hydrogens is 281 g/mol. The van der Waals surface area contributed by atoms with Gasteiger partial charge in [-0.25, -0.2) is 4.39 Å². The number of carbonyl (C=O) groups excluding carboxylic acids is 1. The first-order chi connectivity index (χ1) is 9.24. The Morgan fingerprint density at radius 1 is 1.10 bits per heavy atom. The minimum atomic E-state index is -0.213. The summed E-state index contributed by atoms with van der Waals surface area (Å²) in [6.45, 7) is 4.78. The van der Waals surface area contributed by atoms with Gasteiger partial charge in [-0.1, -0.05) is 0 Å². The minimum Gasteiger partial charge on any atom is -0.368 e. The van der Waals surface area contributed by atoms with Crippen molar-refractivity contribution in [2.75, 3.05) is 44.2 Å². The van der Waals surface area contributed by atoms with Gasteiger partial charge in [0.25, 0.3) is 0 Å². The lowest BCUT2D eigenvalue weighted by atomic mass is 10.0. The molecule has 0 radical (unpaired) electrons. The van der Waals surface area contributed by atoms with Crippen molar-refractivity contribution in [2.45, 2.75) is 0 Å². The Balaban J connectivity index is 0.00000147. The third-order valence-electron chi connectivity index (χ3n) is 3.91. The van der Waals surface area contributed by atoms with E-state index in [9.17, 15) is 9.18 Å². The van der Waals surface area contributed by atoms with E-state index < -0.39 is 0 Å². The summed E-state index contributed by atoms with van der Waals surface area (Å²) in [5.74, 6) is 0.241. The van der Waals surface area contributed by atoms with Gasteiger partial charge in [0.1, 0.15) is 5.82 Å². The smallest absolute Gasteiger partial charge is 0.228 e. The summed E-state index contributed by atoms with van der Waals surface area (Å²) in [6, 6.07) is 6.55. The lowest BCUT2D eigenvalue weighted by Gasteiger charge is -2.39. The van der Waals surface area contributed by atoms with Gasteiger partial charge in [0.2, 0.25) is 5.91 Å². The number of benzene rings is 1. The zero-order valence-electron chi connectivity index (χ0n) is 11.2. The van der Waals surface area contributed by atoms with E-state index in [1.807, 2.05) is 4.90 Å². The molecule has 2 fully saturated rings. The Hall–Kier alpha value is -1.33. The average Bonchev–Trinajstić information content (AvgIpc) is 2.38. The topological polar surface area (TPSA) is 35.6 Å². The Morgan fingerprint density at radius 2 is 1.70 bits per heavy atom. The number of rotatable bonds is 2. The summed E-state index contributed by atoms with van der Waals surface area (Å²) < 4.78 is 12.9. The third-order valence-corrected chi connectivity index (χ3v) is 3.91. The number of nitrogens with zero attached hydrogens (tertiary/aromatic N) is 2. The Kier molecular flexibility index (Phi) is 4.83. The average molecular weight is 300 g/mol. The zero-order chi connectivity index (χ0) is 13.2.